The number of fused-ring (bicyclic) bond motifs is 5. The van der Waals surface area contributed by atoms with E-state index < -0.39 is 0 Å². The topological polar surface area (TPSA) is 97.0 Å². The van der Waals surface area contributed by atoms with Gasteiger partial charge >= 0.3 is 5.97 Å². The molecule has 1 atom stereocenters. The van der Waals surface area contributed by atoms with Crippen LogP contribution in [0.4, 0.5) is 0 Å². The van der Waals surface area contributed by atoms with E-state index in [9.17, 15) is 9.59 Å². The van der Waals surface area contributed by atoms with E-state index in [-0.39, 0.29) is 23.4 Å². The normalized spacial score (nSPS) is 15.7. The van der Waals surface area contributed by atoms with Gasteiger partial charge in [0.05, 0.1) is 43.8 Å². The summed E-state index contributed by atoms with van der Waals surface area (Å²) in [5.74, 6) is 1.13. The predicted molar refractivity (Wildman–Crippen MR) is 130 cm³/mol. The first-order valence-electron chi connectivity index (χ1n) is 10.8. The fourth-order valence-corrected chi connectivity index (χ4v) is 6.17. The number of carbonyl (C=O) groups excluding carboxylic acids is 1. The Hall–Kier alpha value is -2.89. The molecule has 1 aromatic carbocycles. The Labute approximate surface area is 203 Å². The number of ether oxygens (including phenoxy) is 3. The third-order valence-electron chi connectivity index (χ3n) is 5.96. The highest BCUT2D eigenvalue weighted by molar-refractivity contribution is 7.99. The van der Waals surface area contributed by atoms with E-state index in [4.69, 9.17) is 14.2 Å². The van der Waals surface area contributed by atoms with Crippen LogP contribution < -0.4 is 10.3 Å². The number of aromatic nitrogens is 4. The molecule has 1 aliphatic heterocycles. The number of carbonyl (C=O) groups is 1. The molecule has 11 heteroatoms. The lowest BCUT2D eigenvalue weighted by Crippen LogP contribution is -2.28. The van der Waals surface area contributed by atoms with Gasteiger partial charge < -0.3 is 14.2 Å². The Morgan fingerprint density at radius 2 is 2.03 bits per heavy atom. The molecular weight excluding hydrogens is 476 g/mol. The van der Waals surface area contributed by atoms with Crippen molar-refractivity contribution in [3.63, 3.8) is 0 Å². The van der Waals surface area contributed by atoms with Crippen molar-refractivity contribution in [2.75, 3.05) is 20.0 Å². The Morgan fingerprint density at radius 3 is 2.71 bits per heavy atom. The number of hydrogen-bond acceptors (Lipinski definition) is 9. The molecular formula is C23H24N4O5S2. The van der Waals surface area contributed by atoms with Gasteiger partial charge in [0, 0.05) is 11.3 Å². The molecule has 34 heavy (non-hydrogen) atoms. The number of thiophene rings is 1. The van der Waals surface area contributed by atoms with Crippen molar-refractivity contribution in [2.45, 2.75) is 38.1 Å². The Morgan fingerprint density at radius 1 is 1.26 bits per heavy atom. The van der Waals surface area contributed by atoms with Gasteiger partial charge in [0.25, 0.3) is 5.56 Å². The van der Waals surface area contributed by atoms with Gasteiger partial charge in [0.15, 0.2) is 5.16 Å². The molecule has 1 aliphatic rings. The first-order chi connectivity index (χ1) is 16.4. The lowest BCUT2D eigenvalue weighted by atomic mass is 9.96. The summed E-state index contributed by atoms with van der Waals surface area (Å²) >= 11 is 2.75. The van der Waals surface area contributed by atoms with E-state index in [1.807, 2.05) is 16.5 Å². The molecule has 178 valence electrons. The maximum atomic E-state index is 14.0. The molecule has 0 bridgehead atoms. The molecule has 3 aromatic heterocycles. The van der Waals surface area contributed by atoms with Crippen molar-refractivity contribution in [1.29, 1.82) is 0 Å². The van der Waals surface area contributed by atoms with Crippen LogP contribution in [0.25, 0.3) is 21.7 Å². The molecule has 4 aromatic rings. The maximum Gasteiger partial charge on any atom is 0.316 e. The zero-order valence-electron chi connectivity index (χ0n) is 19.2. The van der Waals surface area contributed by atoms with Gasteiger partial charge in [0.1, 0.15) is 10.6 Å². The van der Waals surface area contributed by atoms with Gasteiger partial charge in [0.2, 0.25) is 5.78 Å². The lowest BCUT2D eigenvalue weighted by molar-refractivity contribution is -0.137. The van der Waals surface area contributed by atoms with Crippen LogP contribution in [0.3, 0.4) is 0 Å². The van der Waals surface area contributed by atoms with Crippen molar-refractivity contribution in [3.8, 4) is 11.4 Å². The van der Waals surface area contributed by atoms with Crippen molar-refractivity contribution in [2.24, 2.45) is 5.92 Å². The average molecular weight is 501 g/mol. The summed E-state index contributed by atoms with van der Waals surface area (Å²) in [6, 6.07) is 7.25. The van der Waals surface area contributed by atoms with Crippen molar-refractivity contribution in [3.05, 3.63) is 45.1 Å². The van der Waals surface area contributed by atoms with Crippen LogP contribution in [-0.4, -0.2) is 51.2 Å². The lowest BCUT2D eigenvalue weighted by Gasteiger charge is -2.26. The third kappa shape index (κ3) is 3.77. The predicted octanol–water partition coefficient (Wildman–Crippen LogP) is 3.47. The second-order valence-electron chi connectivity index (χ2n) is 8.30. The summed E-state index contributed by atoms with van der Waals surface area (Å²) < 4.78 is 19.6. The average Bonchev–Trinajstić information content (AvgIpc) is 3.44. The van der Waals surface area contributed by atoms with Crippen LogP contribution >= 0.6 is 23.1 Å². The molecule has 0 saturated heterocycles. The van der Waals surface area contributed by atoms with Gasteiger partial charge in [-0.1, -0.05) is 25.6 Å². The van der Waals surface area contributed by atoms with Gasteiger partial charge in [-0.25, -0.2) is 8.97 Å². The van der Waals surface area contributed by atoms with E-state index in [1.54, 1.807) is 23.8 Å². The highest BCUT2D eigenvalue weighted by atomic mass is 32.2. The number of benzene rings is 1. The van der Waals surface area contributed by atoms with Crippen LogP contribution in [0.2, 0.25) is 0 Å². The molecule has 5 rings (SSSR count). The number of hydrogen-bond donors (Lipinski definition) is 0. The minimum Gasteiger partial charge on any atom is -0.497 e. The van der Waals surface area contributed by atoms with Crippen LogP contribution in [-0.2, 0) is 27.3 Å². The molecule has 4 heterocycles. The zero-order chi connectivity index (χ0) is 24.0. The summed E-state index contributed by atoms with van der Waals surface area (Å²) in [5.41, 5.74) is 1.53. The molecule has 9 nitrogen and oxygen atoms in total. The monoisotopic (exact) mass is 500 g/mol. The summed E-state index contributed by atoms with van der Waals surface area (Å²) in [5, 5.41) is 9.84. The third-order valence-corrected chi connectivity index (χ3v) is 8.06. The summed E-state index contributed by atoms with van der Waals surface area (Å²) in [4.78, 5) is 27.6. The zero-order valence-corrected chi connectivity index (χ0v) is 20.9. The number of esters is 1. The molecule has 0 aliphatic carbocycles. The van der Waals surface area contributed by atoms with Crippen LogP contribution in [0, 0.1) is 5.92 Å². The summed E-state index contributed by atoms with van der Waals surface area (Å²) in [6.45, 7) is 4.71. The Balaban J connectivity index is 1.78. The second kappa shape index (κ2) is 9.05. The van der Waals surface area contributed by atoms with Gasteiger partial charge in [-0.05, 0) is 35.7 Å². The number of rotatable bonds is 6. The van der Waals surface area contributed by atoms with Crippen LogP contribution in [0.15, 0.2) is 34.2 Å². The number of methoxy groups -OCH3 is 2. The first-order valence-corrected chi connectivity index (χ1v) is 12.6. The molecule has 0 saturated carbocycles. The van der Waals surface area contributed by atoms with Gasteiger partial charge in [-0.3, -0.25) is 9.59 Å². The van der Waals surface area contributed by atoms with Crippen molar-refractivity contribution >= 4 is 45.1 Å². The van der Waals surface area contributed by atoms with Crippen LogP contribution in [0.5, 0.6) is 5.75 Å². The number of nitrogens with zero attached hydrogens (tertiary/aromatic N) is 4. The summed E-state index contributed by atoms with van der Waals surface area (Å²) in [6.07, 6.45) is 0.715. The fourth-order valence-electron chi connectivity index (χ4n) is 4.11. The van der Waals surface area contributed by atoms with Crippen molar-refractivity contribution in [1.82, 2.24) is 19.2 Å². The van der Waals surface area contributed by atoms with Crippen molar-refractivity contribution < 1.29 is 19.0 Å². The molecule has 0 amide bonds. The molecule has 0 fully saturated rings. The van der Waals surface area contributed by atoms with Gasteiger partial charge in [-0.15, -0.1) is 21.5 Å². The van der Waals surface area contributed by atoms with E-state index in [2.05, 4.69) is 24.0 Å². The van der Waals surface area contributed by atoms with E-state index in [0.29, 0.717) is 46.7 Å². The smallest absolute Gasteiger partial charge is 0.316 e. The molecule has 0 unspecified atom stereocenters. The fraction of sp³-hybridized carbons (Fsp3) is 0.391. The largest absolute Gasteiger partial charge is 0.497 e. The van der Waals surface area contributed by atoms with Crippen LogP contribution in [0.1, 0.15) is 24.3 Å². The Kier molecular flexibility index (Phi) is 6.09. The first kappa shape index (κ1) is 22.9. The van der Waals surface area contributed by atoms with E-state index in [1.165, 1.54) is 30.2 Å². The minimum atomic E-state index is -0.361. The number of thioether (sulfide) groups is 1. The highest BCUT2D eigenvalue weighted by Gasteiger charge is 2.30. The minimum absolute atomic E-state index is 0.0453. The molecule has 0 radical (unpaired) electrons. The maximum absolute atomic E-state index is 14.0. The van der Waals surface area contributed by atoms with E-state index >= 15 is 0 Å². The standard InChI is InChI=1S/C23H24N4O5S2/c1-12(2)16-9-15-17(10-32-16)34-21-19(15)20(29)26(13-5-7-14(30-3)8-6-13)22-24-25-23(27(21)22)33-11-18(28)31-4/h5-8,12,16H,9-11H2,1-4H3/t16-/m0/s1. The Bertz CT molecular complexity index is 1440. The van der Waals surface area contributed by atoms with E-state index in [0.717, 1.165) is 15.3 Å². The molecule has 0 N–H and O–H groups in total. The second-order valence-corrected chi connectivity index (χ2v) is 10.3. The van der Waals surface area contributed by atoms with Gasteiger partial charge in [-0.2, -0.15) is 0 Å². The highest BCUT2D eigenvalue weighted by Crippen LogP contribution is 2.37. The quantitative estimate of drug-likeness (QED) is 0.293. The summed E-state index contributed by atoms with van der Waals surface area (Å²) in [7, 11) is 2.95. The SMILES string of the molecule is COC(=O)CSc1nnc2n(-c3ccc(OC)cc3)c(=O)c3c4c(sc3n12)CO[C@H](C(C)C)C4. The molecule has 0 spiro atoms.